The second-order valence-electron chi connectivity index (χ2n) is 7.19. The standard InChI is InChI=1S/C15H19NO4/c1-15(2,3)16-12(19)5-8-7-4-9(13(8)14(16)20)11(18)6-10(7)17/h7-9,13H,4-6H2,1-3H3. The number of hydrogen-bond acceptors (Lipinski definition) is 4. The highest BCUT2D eigenvalue weighted by Gasteiger charge is 2.60. The normalized spacial score (nSPS) is 37.5. The molecule has 0 aromatic heterocycles. The third-order valence-electron chi connectivity index (χ3n) is 4.93. The molecule has 5 heteroatoms. The molecule has 3 rings (SSSR count). The molecule has 2 amide bonds. The van der Waals surface area contributed by atoms with Crippen molar-refractivity contribution in [3.05, 3.63) is 0 Å². The summed E-state index contributed by atoms with van der Waals surface area (Å²) in [5.74, 6) is -2.00. The molecule has 0 aromatic rings. The van der Waals surface area contributed by atoms with Crippen LogP contribution in [0.25, 0.3) is 0 Å². The molecular formula is C15H19NO4. The minimum Gasteiger partial charge on any atom is -0.299 e. The number of fused-ring (bicyclic) bond motifs is 5. The largest absolute Gasteiger partial charge is 0.299 e. The molecule has 4 unspecified atom stereocenters. The molecule has 2 bridgehead atoms. The highest BCUT2D eigenvalue weighted by molar-refractivity contribution is 6.10. The minimum atomic E-state index is -0.580. The highest BCUT2D eigenvalue weighted by atomic mass is 16.2. The third-order valence-corrected chi connectivity index (χ3v) is 4.93. The minimum absolute atomic E-state index is 0.0562. The van der Waals surface area contributed by atoms with E-state index in [0.717, 1.165) is 0 Å². The van der Waals surface area contributed by atoms with Gasteiger partial charge in [0.2, 0.25) is 11.8 Å². The van der Waals surface area contributed by atoms with E-state index in [0.29, 0.717) is 6.42 Å². The molecule has 1 saturated heterocycles. The van der Waals surface area contributed by atoms with Gasteiger partial charge in [-0.25, -0.2) is 0 Å². The van der Waals surface area contributed by atoms with Crippen LogP contribution in [-0.4, -0.2) is 33.8 Å². The van der Waals surface area contributed by atoms with Gasteiger partial charge >= 0.3 is 0 Å². The number of likely N-dealkylation sites (tertiary alicyclic amines) is 1. The van der Waals surface area contributed by atoms with Gasteiger partial charge in [0.25, 0.3) is 0 Å². The summed E-state index contributed by atoms with van der Waals surface area (Å²) < 4.78 is 0. The van der Waals surface area contributed by atoms with Gasteiger partial charge < -0.3 is 0 Å². The van der Waals surface area contributed by atoms with Crippen molar-refractivity contribution in [2.24, 2.45) is 23.7 Å². The van der Waals surface area contributed by atoms with Gasteiger partial charge in [-0.15, -0.1) is 0 Å². The van der Waals surface area contributed by atoms with E-state index in [4.69, 9.17) is 0 Å². The lowest BCUT2D eigenvalue weighted by atomic mass is 9.79. The van der Waals surface area contributed by atoms with E-state index >= 15 is 0 Å². The van der Waals surface area contributed by atoms with Crippen LogP contribution in [0.4, 0.5) is 0 Å². The number of imide groups is 1. The lowest BCUT2D eigenvalue weighted by Crippen LogP contribution is -2.57. The first-order valence-corrected chi connectivity index (χ1v) is 7.14. The molecule has 2 saturated carbocycles. The van der Waals surface area contributed by atoms with Crippen molar-refractivity contribution < 1.29 is 19.2 Å². The molecule has 5 nitrogen and oxygen atoms in total. The van der Waals surface area contributed by atoms with Gasteiger partial charge in [0.1, 0.15) is 11.6 Å². The SMILES string of the molecule is CC(C)(C)N1C(=O)CC2C3CC(C(=O)CC3=O)C2C1=O. The Labute approximate surface area is 117 Å². The zero-order chi connectivity index (χ0) is 14.8. The van der Waals surface area contributed by atoms with Crippen molar-refractivity contribution in [3.8, 4) is 0 Å². The Balaban J connectivity index is 2.01. The summed E-state index contributed by atoms with van der Waals surface area (Å²) in [6.07, 6.45) is 0.622. The number of carbonyl (C=O) groups is 4. The maximum absolute atomic E-state index is 12.7. The number of rotatable bonds is 0. The molecular weight excluding hydrogens is 258 g/mol. The Bertz CT molecular complexity index is 530. The van der Waals surface area contributed by atoms with Crippen LogP contribution >= 0.6 is 0 Å². The predicted octanol–water partition coefficient (Wildman–Crippen LogP) is 0.954. The van der Waals surface area contributed by atoms with Crippen LogP contribution in [0.1, 0.15) is 40.0 Å². The summed E-state index contributed by atoms with van der Waals surface area (Å²) in [5.41, 5.74) is -0.580. The summed E-state index contributed by atoms with van der Waals surface area (Å²) >= 11 is 0. The summed E-state index contributed by atoms with van der Waals surface area (Å²) in [4.78, 5) is 50.3. The molecule has 0 aromatic carbocycles. The van der Waals surface area contributed by atoms with Crippen molar-refractivity contribution in [1.29, 1.82) is 0 Å². The average Bonchev–Trinajstić information content (AvgIpc) is 2.61. The van der Waals surface area contributed by atoms with Crippen molar-refractivity contribution >= 4 is 23.4 Å². The number of amides is 2. The average molecular weight is 277 g/mol. The molecule has 108 valence electrons. The fraction of sp³-hybridized carbons (Fsp3) is 0.733. The highest BCUT2D eigenvalue weighted by Crippen LogP contribution is 2.51. The van der Waals surface area contributed by atoms with E-state index in [2.05, 4.69) is 0 Å². The summed E-state index contributed by atoms with van der Waals surface area (Å²) in [5, 5.41) is 0. The van der Waals surface area contributed by atoms with Gasteiger partial charge in [-0.3, -0.25) is 24.1 Å². The monoisotopic (exact) mass is 277 g/mol. The fourth-order valence-corrected chi connectivity index (χ4v) is 4.17. The number of piperidine rings is 1. The van der Waals surface area contributed by atoms with Crippen LogP contribution in [0.5, 0.6) is 0 Å². The van der Waals surface area contributed by atoms with E-state index in [9.17, 15) is 19.2 Å². The van der Waals surface area contributed by atoms with E-state index in [1.807, 2.05) is 20.8 Å². The van der Waals surface area contributed by atoms with Gasteiger partial charge in [0, 0.05) is 23.8 Å². The van der Waals surface area contributed by atoms with Crippen molar-refractivity contribution in [3.63, 3.8) is 0 Å². The molecule has 1 heterocycles. The Morgan fingerprint density at radius 2 is 1.60 bits per heavy atom. The second kappa shape index (κ2) is 3.99. The van der Waals surface area contributed by atoms with Crippen LogP contribution < -0.4 is 0 Å². The number of nitrogens with zero attached hydrogens (tertiary/aromatic N) is 1. The third kappa shape index (κ3) is 1.68. The van der Waals surface area contributed by atoms with Gasteiger partial charge in [0.15, 0.2) is 0 Å². The maximum Gasteiger partial charge on any atom is 0.233 e. The summed E-state index contributed by atoms with van der Waals surface area (Å²) in [7, 11) is 0. The summed E-state index contributed by atoms with van der Waals surface area (Å²) in [6, 6.07) is 0. The van der Waals surface area contributed by atoms with Crippen LogP contribution in [0.15, 0.2) is 0 Å². The van der Waals surface area contributed by atoms with Crippen LogP contribution in [0.2, 0.25) is 0 Å². The first kappa shape index (κ1) is 13.5. The molecule has 0 N–H and O–H groups in total. The molecule has 3 aliphatic rings. The molecule has 1 aliphatic heterocycles. The van der Waals surface area contributed by atoms with E-state index in [1.165, 1.54) is 4.90 Å². The number of hydrogen-bond donors (Lipinski definition) is 0. The zero-order valence-corrected chi connectivity index (χ0v) is 12.0. The number of Topliss-reactive ketones (excluding diaryl/α,β-unsaturated/α-hetero) is 2. The zero-order valence-electron chi connectivity index (χ0n) is 12.0. The topological polar surface area (TPSA) is 71.5 Å². The Morgan fingerprint density at radius 3 is 2.20 bits per heavy atom. The van der Waals surface area contributed by atoms with Crippen molar-refractivity contribution in [2.45, 2.75) is 45.6 Å². The second-order valence-corrected chi connectivity index (χ2v) is 7.19. The number of carbonyl (C=O) groups excluding carboxylic acids is 4. The van der Waals surface area contributed by atoms with E-state index in [1.54, 1.807) is 0 Å². The van der Waals surface area contributed by atoms with Gasteiger partial charge in [-0.05, 0) is 33.1 Å². The molecule has 2 aliphatic carbocycles. The predicted molar refractivity (Wildman–Crippen MR) is 69.4 cm³/mol. The Hall–Kier alpha value is -1.52. The number of ketones is 2. The first-order valence-electron chi connectivity index (χ1n) is 7.14. The molecule has 4 atom stereocenters. The van der Waals surface area contributed by atoms with Gasteiger partial charge in [0.05, 0.1) is 12.3 Å². The molecule has 3 fully saturated rings. The van der Waals surface area contributed by atoms with Gasteiger partial charge in [-0.2, -0.15) is 0 Å². The summed E-state index contributed by atoms with van der Waals surface area (Å²) in [6.45, 7) is 5.45. The van der Waals surface area contributed by atoms with Crippen LogP contribution in [0.3, 0.4) is 0 Å². The quantitative estimate of drug-likeness (QED) is 0.488. The lowest BCUT2D eigenvalue weighted by molar-refractivity contribution is -0.162. The Kier molecular flexibility index (Phi) is 2.69. The van der Waals surface area contributed by atoms with Crippen LogP contribution in [0, 0.1) is 23.7 Å². The van der Waals surface area contributed by atoms with Gasteiger partial charge in [-0.1, -0.05) is 0 Å². The fourth-order valence-electron chi connectivity index (χ4n) is 4.17. The smallest absolute Gasteiger partial charge is 0.233 e. The van der Waals surface area contributed by atoms with Crippen molar-refractivity contribution in [2.75, 3.05) is 0 Å². The Morgan fingerprint density at radius 1 is 1.00 bits per heavy atom. The molecule has 20 heavy (non-hydrogen) atoms. The lowest BCUT2D eigenvalue weighted by Gasteiger charge is -2.42. The van der Waals surface area contributed by atoms with E-state index in [-0.39, 0.29) is 54.0 Å². The first-order chi connectivity index (χ1) is 9.21. The molecule has 0 radical (unpaired) electrons. The van der Waals surface area contributed by atoms with Crippen LogP contribution in [-0.2, 0) is 19.2 Å². The maximum atomic E-state index is 12.7. The van der Waals surface area contributed by atoms with E-state index < -0.39 is 11.5 Å². The van der Waals surface area contributed by atoms with Crippen molar-refractivity contribution in [1.82, 2.24) is 4.90 Å². The molecule has 0 spiro atoms.